The maximum Gasteiger partial charge on any atom is 0.187 e. The van der Waals surface area contributed by atoms with Gasteiger partial charge in [-0.3, -0.25) is 4.79 Å². The second-order valence-electron chi connectivity index (χ2n) is 6.68. The summed E-state index contributed by atoms with van der Waals surface area (Å²) in [5.74, 6) is -0.355. The second-order valence-corrected chi connectivity index (χ2v) is 6.68. The fourth-order valence-corrected chi connectivity index (χ4v) is 3.29. The third kappa shape index (κ3) is 3.56. The number of rotatable bonds is 5. The normalized spacial score (nSPS) is 11.6. The molecule has 0 radical (unpaired) electrons. The number of ketones is 1. The molecule has 140 valence electrons. The van der Waals surface area contributed by atoms with Crippen LogP contribution in [0.1, 0.15) is 22.1 Å². The number of hydrogen-bond donors (Lipinski definition) is 0. The van der Waals surface area contributed by atoms with Gasteiger partial charge in [0.05, 0.1) is 6.07 Å². The van der Waals surface area contributed by atoms with Crippen LogP contribution in [-0.4, -0.2) is 20.5 Å². The molecule has 0 aliphatic rings. The van der Waals surface area contributed by atoms with Crippen molar-refractivity contribution in [2.45, 2.75) is 5.92 Å². The molecule has 1 aromatic heterocycles. The summed E-state index contributed by atoms with van der Waals surface area (Å²) in [4.78, 5) is 13.0. The van der Waals surface area contributed by atoms with Gasteiger partial charge in [-0.25, -0.2) is 0 Å². The molecule has 29 heavy (non-hydrogen) atoms. The standard InChI is InChI=1S/C24H18N4O/c1-28-23(20-10-6-3-7-11-20)26-27-24(28)21(16-25)22(29)19-14-12-18(13-15-19)17-8-4-2-5-9-17/h2-15,21H,1H3. The summed E-state index contributed by atoms with van der Waals surface area (Å²) in [6, 6.07) is 28.9. The molecule has 0 saturated heterocycles. The molecule has 0 aliphatic heterocycles. The third-order valence-corrected chi connectivity index (χ3v) is 4.87. The van der Waals surface area contributed by atoms with Crippen LogP contribution in [-0.2, 0) is 7.05 Å². The van der Waals surface area contributed by atoms with E-state index in [1.165, 1.54) is 0 Å². The van der Waals surface area contributed by atoms with E-state index in [0.717, 1.165) is 16.7 Å². The molecule has 0 N–H and O–H groups in total. The molecular formula is C24H18N4O. The molecule has 4 rings (SSSR count). The zero-order valence-electron chi connectivity index (χ0n) is 15.9. The molecule has 0 spiro atoms. The molecule has 0 fully saturated rings. The first-order valence-electron chi connectivity index (χ1n) is 9.23. The average molecular weight is 378 g/mol. The molecule has 5 nitrogen and oxygen atoms in total. The van der Waals surface area contributed by atoms with Gasteiger partial charge < -0.3 is 4.57 Å². The van der Waals surface area contributed by atoms with Gasteiger partial charge in [0, 0.05) is 18.2 Å². The summed E-state index contributed by atoms with van der Waals surface area (Å²) in [5.41, 5.74) is 3.44. The first kappa shape index (κ1) is 18.3. The van der Waals surface area contributed by atoms with E-state index in [9.17, 15) is 10.1 Å². The lowest BCUT2D eigenvalue weighted by molar-refractivity contribution is 0.0975. The van der Waals surface area contributed by atoms with Crippen molar-refractivity contribution < 1.29 is 4.79 Å². The van der Waals surface area contributed by atoms with Gasteiger partial charge in [0.1, 0.15) is 0 Å². The summed E-state index contributed by atoms with van der Waals surface area (Å²) in [7, 11) is 1.77. The SMILES string of the molecule is Cn1c(-c2ccccc2)nnc1C(C#N)C(=O)c1ccc(-c2ccccc2)cc1. The van der Waals surface area contributed by atoms with Crippen molar-refractivity contribution in [3.63, 3.8) is 0 Å². The van der Waals surface area contributed by atoms with E-state index in [4.69, 9.17) is 0 Å². The maximum absolute atomic E-state index is 13.0. The van der Waals surface area contributed by atoms with Gasteiger partial charge in [0.2, 0.25) is 0 Å². The number of benzene rings is 3. The lowest BCUT2D eigenvalue weighted by atomic mass is 9.96. The van der Waals surface area contributed by atoms with Crippen LogP contribution in [0, 0.1) is 11.3 Å². The van der Waals surface area contributed by atoms with Gasteiger partial charge in [-0.15, -0.1) is 10.2 Å². The van der Waals surface area contributed by atoms with Crippen molar-refractivity contribution in [3.8, 4) is 28.6 Å². The van der Waals surface area contributed by atoms with Crippen molar-refractivity contribution in [2.75, 3.05) is 0 Å². The molecule has 4 aromatic rings. The number of carbonyl (C=O) groups is 1. The van der Waals surface area contributed by atoms with Crippen LogP contribution < -0.4 is 0 Å². The number of carbonyl (C=O) groups excluding carboxylic acids is 1. The Kier molecular flexibility index (Phi) is 5.00. The predicted octanol–water partition coefficient (Wildman–Crippen LogP) is 4.64. The maximum atomic E-state index is 13.0. The highest BCUT2D eigenvalue weighted by atomic mass is 16.1. The molecule has 0 saturated carbocycles. The number of nitrogens with zero attached hydrogens (tertiary/aromatic N) is 4. The molecule has 0 bridgehead atoms. The Morgan fingerprint density at radius 1 is 0.828 bits per heavy atom. The van der Waals surface area contributed by atoms with Crippen LogP contribution in [0.25, 0.3) is 22.5 Å². The Morgan fingerprint density at radius 2 is 1.38 bits per heavy atom. The lowest BCUT2D eigenvalue weighted by Gasteiger charge is -2.10. The highest BCUT2D eigenvalue weighted by Crippen LogP contribution is 2.25. The summed E-state index contributed by atoms with van der Waals surface area (Å²) in [5, 5.41) is 18.0. The quantitative estimate of drug-likeness (QED) is 0.474. The Bertz CT molecular complexity index is 1170. The van der Waals surface area contributed by atoms with Crippen LogP contribution in [0.5, 0.6) is 0 Å². The monoisotopic (exact) mass is 378 g/mol. The first-order valence-corrected chi connectivity index (χ1v) is 9.23. The summed E-state index contributed by atoms with van der Waals surface area (Å²) in [6.45, 7) is 0. The molecule has 5 heteroatoms. The molecule has 0 amide bonds. The van der Waals surface area contributed by atoms with Gasteiger partial charge in [-0.05, 0) is 11.1 Å². The van der Waals surface area contributed by atoms with Crippen LogP contribution >= 0.6 is 0 Å². The van der Waals surface area contributed by atoms with Gasteiger partial charge in [-0.2, -0.15) is 5.26 Å². The fourth-order valence-electron chi connectivity index (χ4n) is 3.29. The Hall–Kier alpha value is -4.04. The molecule has 0 aliphatic carbocycles. The smallest absolute Gasteiger partial charge is 0.187 e. The van der Waals surface area contributed by atoms with Crippen LogP contribution in [0.15, 0.2) is 84.9 Å². The topological polar surface area (TPSA) is 71.6 Å². The van der Waals surface area contributed by atoms with E-state index in [-0.39, 0.29) is 5.78 Å². The Morgan fingerprint density at radius 3 is 1.97 bits per heavy atom. The Balaban J connectivity index is 1.63. The molecule has 1 unspecified atom stereocenters. The van der Waals surface area contributed by atoms with E-state index in [0.29, 0.717) is 17.2 Å². The number of aromatic nitrogens is 3. The summed E-state index contributed by atoms with van der Waals surface area (Å²) in [6.07, 6.45) is 0. The fraction of sp³-hybridized carbons (Fsp3) is 0.0833. The number of nitriles is 1. The molecule has 3 aromatic carbocycles. The zero-order chi connectivity index (χ0) is 20.2. The van der Waals surface area contributed by atoms with E-state index in [2.05, 4.69) is 16.3 Å². The van der Waals surface area contributed by atoms with Crippen molar-refractivity contribution in [1.29, 1.82) is 5.26 Å². The number of Topliss-reactive ketones (excluding diaryl/α,β-unsaturated/α-hetero) is 1. The zero-order valence-corrected chi connectivity index (χ0v) is 15.9. The largest absolute Gasteiger partial charge is 0.313 e. The summed E-state index contributed by atoms with van der Waals surface area (Å²) >= 11 is 0. The van der Waals surface area contributed by atoms with Crippen LogP contribution in [0.3, 0.4) is 0 Å². The minimum absolute atomic E-state index is 0.290. The highest BCUT2D eigenvalue weighted by Gasteiger charge is 2.27. The van der Waals surface area contributed by atoms with E-state index in [1.54, 1.807) is 23.7 Å². The highest BCUT2D eigenvalue weighted by molar-refractivity contribution is 6.02. The molecule has 1 heterocycles. The van der Waals surface area contributed by atoms with Gasteiger partial charge in [0.15, 0.2) is 23.3 Å². The van der Waals surface area contributed by atoms with E-state index >= 15 is 0 Å². The van der Waals surface area contributed by atoms with Gasteiger partial charge in [-0.1, -0.05) is 84.9 Å². The number of hydrogen-bond acceptors (Lipinski definition) is 4. The van der Waals surface area contributed by atoms with Crippen molar-refractivity contribution in [1.82, 2.24) is 14.8 Å². The van der Waals surface area contributed by atoms with Gasteiger partial charge in [0.25, 0.3) is 0 Å². The van der Waals surface area contributed by atoms with Crippen molar-refractivity contribution >= 4 is 5.78 Å². The van der Waals surface area contributed by atoms with Gasteiger partial charge >= 0.3 is 0 Å². The van der Waals surface area contributed by atoms with E-state index < -0.39 is 5.92 Å². The molecule has 1 atom stereocenters. The third-order valence-electron chi connectivity index (χ3n) is 4.87. The van der Waals surface area contributed by atoms with Crippen LogP contribution in [0.2, 0.25) is 0 Å². The summed E-state index contributed by atoms with van der Waals surface area (Å²) < 4.78 is 1.71. The van der Waals surface area contributed by atoms with Crippen molar-refractivity contribution in [3.05, 3.63) is 96.3 Å². The van der Waals surface area contributed by atoms with Crippen LogP contribution in [0.4, 0.5) is 0 Å². The Labute approximate surface area is 168 Å². The molecular weight excluding hydrogens is 360 g/mol. The first-order chi connectivity index (χ1) is 14.2. The predicted molar refractivity (Wildman–Crippen MR) is 111 cm³/mol. The van der Waals surface area contributed by atoms with Crippen molar-refractivity contribution in [2.24, 2.45) is 7.05 Å². The minimum Gasteiger partial charge on any atom is -0.313 e. The second kappa shape index (κ2) is 7.91. The average Bonchev–Trinajstić information content (AvgIpc) is 3.16. The minimum atomic E-state index is -1.02. The van der Waals surface area contributed by atoms with E-state index in [1.807, 2.05) is 72.8 Å². The lowest BCUT2D eigenvalue weighted by Crippen LogP contribution is -2.16.